The van der Waals surface area contributed by atoms with Gasteiger partial charge in [0.1, 0.15) is 11.6 Å². The number of carbonyl (C=O) groups excluding carboxylic acids is 1. The van der Waals surface area contributed by atoms with Crippen LogP contribution in [0.4, 0.5) is 4.39 Å². The van der Waals surface area contributed by atoms with Gasteiger partial charge in [0, 0.05) is 13.0 Å². The topological polar surface area (TPSA) is 43.1 Å². The van der Waals surface area contributed by atoms with Crippen LogP contribution in [-0.4, -0.2) is 12.3 Å². The highest BCUT2D eigenvalue weighted by molar-refractivity contribution is 6.30. The highest BCUT2D eigenvalue weighted by Gasteiger charge is 2.53. The van der Waals surface area contributed by atoms with E-state index in [1.54, 1.807) is 6.07 Å². The highest BCUT2D eigenvalue weighted by Crippen LogP contribution is 2.43. The molecule has 0 bridgehead atoms. The summed E-state index contributed by atoms with van der Waals surface area (Å²) in [6.45, 7) is 0.258. The average Bonchev–Trinajstić information content (AvgIpc) is 2.83. The van der Waals surface area contributed by atoms with Crippen LogP contribution in [0.2, 0.25) is 5.02 Å². The molecular formula is C10H9ClFNO. The molecule has 1 aromatic rings. The number of hydrogen-bond acceptors (Lipinski definition) is 2. The van der Waals surface area contributed by atoms with Crippen LogP contribution >= 0.6 is 11.6 Å². The Kier molecular flexibility index (Phi) is 2.09. The molecule has 0 spiro atoms. The molecule has 0 aliphatic heterocycles. The molecule has 2 N–H and O–H groups in total. The van der Waals surface area contributed by atoms with E-state index < -0.39 is 11.2 Å². The first kappa shape index (κ1) is 9.62. The van der Waals surface area contributed by atoms with Crippen molar-refractivity contribution in [2.24, 2.45) is 5.73 Å². The molecule has 1 aliphatic rings. The van der Waals surface area contributed by atoms with Gasteiger partial charge in [-0.05, 0) is 17.7 Å². The van der Waals surface area contributed by atoms with Crippen molar-refractivity contribution >= 4 is 17.4 Å². The molecule has 1 fully saturated rings. The molecule has 0 aromatic heterocycles. The first-order valence-corrected chi connectivity index (χ1v) is 4.67. The van der Waals surface area contributed by atoms with Crippen LogP contribution in [-0.2, 0) is 10.2 Å². The zero-order chi connectivity index (χ0) is 10.3. The van der Waals surface area contributed by atoms with E-state index in [2.05, 4.69) is 0 Å². The van der Waals surface area contributed by atoms with Gasteiger partial charge >= 0.3 is 0 Å². The SMILES string of the molecule is NCC1(c2ccc(F)c(Cl)c2)CC1=O. The first-order chi connectivity index (χ1) is 6.60. The molecule has 14 heavy (non-hydrogen) atoms. The van der Waals surface area contributed by atoms with E-state index in [4.69, 9.17) is 17.3 Å². The second kappa shape index (κ2) is 3.04. The lowest BCUT2D eigenvalue weighted by atomic mass is 9.96. The van der Waals surface area contributed by atoms with Crippen LogP contribution in [0.15, 0.2) is 18.2 Å². The van der Waals surface area contributed by atoms with Crippen LogP contribution in [0.25, 0.3) is 0 Å². The highest BCUT2D eigenvalue weighted by atomic mass is 35.5. The molecule has 1 unspecified atom stereocenters. The normalized spacial score (nSPS) is 25.2. The van der Waals surface area contributed by atoms with Gasteiger partial charge < -0.3 is 5.73 Å². The van der Waals surface area contributed by atoms with E-state index in [0.717, 1.165) is 5.56 Å². The predicted molar refractivity (Wildman–Crippen MR) is 51.8 cm³/mol. The Labute approximate surface area is 85.9 Å². The van der Waals surface area contributed by atoms with Crippen molar-refractivity contribution in [3.05, 3.63) is 34.6 Å². The van der Waals surface area contributed by atoms with E-state index in [-0.39, 0.29) is 17.4 Å². The van der Waals surface area contributed by atoms with Crippen LogP contribution in [0.3, 0.4) is 0 Å². The van der Waals surface area contributed by atoms with Gasteiger partial charge in [0.05, 0.1) is 10.4 Å². The predicted octanol–water partition coefficient (Wildman–Crippen LogP) is 1.65. The van der Waals surface area contributed by atoms with E-state index >= 15 is 0 Å². The fourth-order valence-electron chi connectivity index (χ4n) is 1.59. The van der Waals surface area contributed by atoms with Crippen molar-refractivity contribution in [3.8, 4) is 0 Å². The van der Waals surface area contributed by atoms with Crippen molar-refractivity contribution in [1.82, 2.24) is 0 Å². The standard InChI is InChI=1S/C10H9ClFNO/c11-7-3-6(1-2-8(7)12)10(5-13)4-9(10)14/h1-3H,4-5,13H2. The molecule has 0 radical (unpaired) electrons. The maximum absolute atomic E-state index is 12.9. The zero-order valence-corrected chi connectivity index (χ0v) is 8.14. The third kappa shape index (κ3) is 1.24. The number of Topliss-reactive ketones (excluding diaryl/α,β-unsaturated/α-hetero) is 1. The van der Waals surface area contributed by atoms with Gasteiger partial charge in [-0.25, -0.2) is 4.39 Å². The number of rotatable bonds is 2. The van der Waals surface area contributed by atoms with Gasteiger partial charge in [0.25, 0.3) is 0 Å². The van der Waals surface area contributed by atoms with Gasteiger partial charge in [0.2, 0.25) is 0 Å². The van der Waals surface area contributed by atoms with E-state index in [1.807, 2.05) is 0 Å². The fraction of sp³-hybridized carbons (Fsp3) is 0.300. The Bertz CT molecular complexity index is 407. The Hall–Kier alpha value is -0.930. The summed E-state index contributed by atoms with van der Waals surface area (Å²) in [7, 11) is 0. The summed E-state index contributed by atoms with van der Waals surface area (Å²) >= 11 is 5.63. The molecule has 0 saturated heterocycles. The maximum atomic E-state index is 12.9. The lowest BCUT2D eigenvalue weighted by Gasteiger charge is -2.10. The van der Waals surface area contributed by atoms with E-state index in [9.17, 15) is 9.18 Å². The number of hydrogen-bond donors (Lipinski definition) is 1. The van der Waals surface area contributed by atoms with E-state index in [0.29, 0.717) is 6.42 Å². The summed E-state index contributed by atoms with van der Waals surface area (Å²) < 4.78 is 12.9. The largest absolute Gasteiger partial charge is 0.329 e. The molecule has 74 valence electrons. The Balaban J connectivity index is 2.43. The molecule has 0 amide bonds. The smallest absolute Gasteiger partial charge is 0.146 e. The minimum atomic E-state index is -0.586. The van der Waals surface area contributed by atoms with Crippen molar-refractivity contribution < 1.29 is 9.18 Å². The van der Waals surface area contributed by atoms with Gasteiger partial charge in [0.15, 0.2) is 0 Å². The van der Waals surface area contributed by atoms with Crippen LogP contribution < -0.4 is 5.73 Å². The summed E-state index contributed by atoms with van der Waals surface area (Å²) in [5.41, 5.74) is 5.65. The van der Waals surface area contributed by atoms with Crippen molar-refractivity contribution in [1.29, 1.82) is 0 Å². The zero-order valence-electron chi connectivity index (χ0n) is 7.39. The summed E-state index contributed by atoms with van der Waals surface area (Å²) in [4.78, 5) is 11.2. The fourth-order valence-corrected chi connectivity index (χ4v) is 1.77. The number of halogens is 2. The van der Waals surface area contributed by atoms with Crippen molar-refractivity contribution in [2.75, 3.05) is 6.54 Å². The van der Waals surface area contributed by atoms with Gasteiger partial charge in [-0.3, -0.25) is 4.79 Å². The van der Waals surface area contributed by atoms with Crippen molar-refractivity contribution in [3.63, 3.8) is 0 Å². The number of nitrogens with two attached hydrogens (primary N) is 1. The Morgan fingerprint density at radius 3 is 2.64 bits per heavy atom. The second-order valence-corrected chi connectivity index (χ2v) is 3.92. The number of benzene rings is 1. The Morgan fingerprint density at radius 2 is 2.21 bits per heavy atom. The van der Waals surface area contributed by atoms with Crippen LogP contribution in [0, 0.1) is 5.82 Å². The third-order valence-corrected chi connectivity index (χ3v) is 2.98. The minimum absolute atomic E-state index is 0.0371. The quantitative estimate of drug-likeness (QED) is 0.812. The van der Waals surface area contributed by atoms with Crippen LogP contribution in [0.1, 0.15) is 12.0 Å². The van der Waals surface area contributed by atoms with Gasteiger partial charge in [-0.1, -0.05) is 17.7 Å². The van der Waals surface area contributed by atoms with Gasteiger partial charge in [-0.2, -0.15) is 0 Å². The second-order valence-electron chi connectivity index (χ2n) is 3.52. The molecule has 1 aliphatic carbocycles. The molecule has 2 nitrogen and oxygen atoms in total. The molecule has 0 heterocycles. The van der Waals surface area contributed by atoms with E-state index in [1.165, 1.54) is 12.1 Å². The number of ketones is 1. The average molecular weight is 214 g/mol. The molecule has 1 saturated carbocycles. The summed E-state index contributed by atoms with van der Waals surface area (Å²) in [6.07, 6.45) is 0.436. The third-order valence-electron chi connectivity index (χ3n) is 2.69. The summed E-state index contributed by atoms with van der Waals surface area (Å²) in [6, 6.07) is 4.31. The molecule has 1 aromatic carbocycles. The van der Waals surface area contributed by atoms with Crippen LogP contribution in [0.5, 0.6) is 0 Å². The molecule has 2 rings (SSSR count). The van der Waals surface area contributed by atoms with Gasteiger partial charge in [-0.15, -0.1) is 0 Å². The first-order valence-electron chi connectivity index (χ1n) is 4.29. The molecule has 1 atom stereocenters. The molecule has 4 heteroatoms. The monoisotopic (exact) mass is 213 g/mol. The minimum Gasteiger partial charge on any atom is -0.329 e. The molecular weight excluding hydrogens is 205 g/mol. The maximum Gasteiger partial charge on any atom is 0.146 e. The lowest BCUT2D eigenvalue weighted by molar-refractivity contribution is -0.111. The Morgan fingerprint density at radius 1 is 1.57 bits per heavy atom. The van der Waals surface area contributed by atoms with Crippen molar-refractivity contribution in [2.45, 2.75) is 11.8 Å². The number of carbonyl (C=O) groups is 1. The summed E-state index contributed by atoms with van der Waals surface area (Å²) in [5.74, 6) is -0.377. The lowest BCUT2D eigenvalue weighted by Crippen LogP contribution is -2.22. The summed E-state index contributed by atoms with van der Waals surface area (Å²) in [5, 5.41) is 0.0371.